The molecule has 1 heterocycles. The van der Waals surface area contributed by atoms with Gasteiger partial charge in [0.2, 0.25) is 0 Å². The van der Waals surface area contributed by atoms with Crippen LogP contribution >= 0.6 is 15.9 Å². The predicted molar refractivity (Wildman–Crippen MR) is 72.3 cm³/mol. The third-order valence-corrected chi connectivity index (χ3v) is 3.39. The Morgan fingerprint density at radius 2 is 2.10 bits per heavy atom. The van der Waals surface area contributed by atoms with Crippen LogP contribution in [-0.4, -0.2) is 18.6 Å². The summed E-state index contributed by atoms with van der Waals surface area (Å²) in [4.78, 5) is 4.04. The Morgan fingerprint density at radius 1 is 1.35 bits per heavy atom. The number of hydrogen-bond acceptors (Lipinski definition) is 3. The minimum Gasteiger partial charge on any atom is -0.441 e. The highest BCUT2D eigenvalue weighted by molar-refractivity contribution is 9.10. The van der Waals surface area contributed by atoms with Gasteiger partial charge < -0.3 is 9.73 Å². The van der Waals surface area contributed by atoms with Crippen molar-refractivity contribution in [1.29, 1.82) is 0 Å². The normalized spacial score (nSPS) is 11.8. The Balaban J connectivity index is 2.31. The van der Waals surface area contributed by atoms with Crippen molar-refractivity contribution in [1.82, 2.24) is 10.3 Å². The van der Waals surface area contributed by atoms with Crippen molar-refractivity contribution in [2.75, 3.05) is 13.6 Å². The highest BCUT2D eigenvalue weighted by Crippen LogP contribution is 2.37. The molecule has 0 aliphatic carbocycles. The summed E-state index contributed by atoms with van der Waals surface area (Å²) in [6.07, 6.45) is -2.39. The van der Waals surface area contributed by atoms with E-state index in [1.54, 1.807) is 13.1 Å². The first-order valence-corrected chi connectivity index (χ1v) is 6.67. The van der Waals surface area contributed by atoms with Crippen molar-refractivity contribution in [2.45, 2.75) is 12.6 Å². The molecule has 0 atom stereocenters. The van der Waals surface area contributed by atoms with Gasteiger partial charge in [0.25, 0.3) is 0 Å². The summed E-state index contributed by atoms with van der Waals surface area (Å²) < 4.78 is 43.9. The molecule has 0 amide bonds. The summed E-state index contributed by atoms with van der Waals surface area (Å²) in [5, 5.41) is 2.95. The van der Waals surface area contributed by atoms with Gasteiger partial charge in [-0.1, -0.05) is 22.0 Å². The van der Waals surface area contributed by atoms with E-state index in [2.05, 4.69) is 26.2 Å². The fraction of sp³-hybridized carbons (Fsp3) is 0.308. The molecule has 0 fully saturated rings. The van der Waals surface area contributed by atoms with Gasteiger partial charge in [-0.2, -0.15) is 13.2 Å². The Morgan fingerprint density at radius 3 is 2.75 bits per heavy atom. The summed E-state index contributed by atoms with van der Waals surface area (Å²) in [7, 11) is 1.80. The highest BCUT2D eigenvalue weighted by atomic mass is 79.9. The zero-order chi connectivity index (χ0) is 14.8. The standard InChI is InChI=1S/C13H12BrF3N2O/c1-18-5-4-12-19-7-11(20-12)8-2-3-10(14)9(6-8)13(15,16)17/h2-3,6-7,18H,4-5H2,1H3. The van der Waals surface area contributed by atoms with Crippen LogP contribution in [-0.2, 0) is 12.6 Å². The van der Waals surface area contributed by atoms with Crippen LogP contribution in [0.25, 0.3) is 11.3 Å². The van der Waals surface area contributed by atoms with Gasteiger partial charge in [0.05, 0.1) is 11.8 Å². The molecule has 0 radical (unpaired) electrons. The molecule has 1 N–H and O–H groups in total. The Bertz CT molecular complexity index is 596. The molecule has 3 nitrogen and oxygen atoms in total. The maximum Gasteiger partial charge on any atom is 0.417 e. The van der Waals surface area contributed by atoms with Crippen molar-refractivity contribution in [3.8, 4) is 11.3 Å². The van der Waals surface area contributed by atoms with Gasteiger partial charge in [0.15, 0.2) is 11.7 Å². The van der Waals surface area contributed by atoms with Crippen LogP contribution in [0, 0.1) is 0 Å². The van der Waals surface area contributed by atoms with Gasteiger partial charge in [0, 0.05) is 23.0 Å². The second kappa shape index (κ2) is 5.97. The molecule has 1 aromatic heterocycles. The average Bonchev–Trinajstić information content (AvgIpc) is 2.84. The molecule has 7 heteroatoms. The van der Waals surface area contributed by atoms with E-state index in [9.17, 15) is 13.2 Å². The third-order valence-electron chi connectivity index (χ3n) is 2.70. The van der Waals surface area contributed by atoms with Crippen LogP contribution in [0.5, 0.6) is 0 Å². The lowest BCUT2D eigenvalue weighted by atomic mass is 10.1. The second-order valence-corrected chi connectivity index (χ2v) is 5.02. The highest BCUT2D eigenvalue weighted by Gasteiger charge is 2.33. The van der Waals surface area contributed by atoms with Gasteiger partial charge in [-0.15, -0.1) is 0 Å². The lowest BCUT2D eigenvalue weighted by Gasteiger charge is -2.09. The number of aromatic nitrogens is 1. The molecule has 20 heavy (non-hydrogen) atoms. The zero-order valence-electron chi connectivity index (χ0n) is 10.6. The number of benzene rings is 1. The van der Waals surface area contributed by atoms with E-state index in [4.69, 9.17) is 4.42 Å². The third kappa shape index (κ3) is 3.40. The summed E-state index contributed by atoms with van der Waals surface area (Å²) in [6.45, 7) is 0.689. The van der Waals surface area contributed by atoms with Gasteiger partial charge in [-0.3, -0.25) is 0 Å². The van der Waals surface area contributed by atoms with Crippen LogP contribution in [0.3, 0.4) is 0 Å². The van der Waals surface area contributed by atoms with Gasteiger partial charge in [-0.05, 0) is 19.2 Å². The van der Waals surface area contributed by atoms with E-state index < -0.39 is 11.7 Å². The van der Waals surface area contributed by atoms with Gasteiger partial charge in [0.1, 0.15) is 0 Å². The number of likely N-dealkylation sites (N-methyl/N-ethyl adjacent to an activating group) is 1. The summed E-state index contributed by atoms with van der Waals surface area (Å²) >= 11 is 2.90. The van der Waals surface area contributed by atoms with Crippen molar-refractivity contribution in [2.24, 2.45) is 0 Å². The minimum atomic E-state index is -4.41. The molecule has 0 aliphatic heterocycles. The quantitative estimate of drug-likeness (QED) is 0.910. The molecular formula is C13H12BrF3N2O. The SMILES string of the molecule is CNCCc1ncc(-c2ccc(Br)c(C(F)(F)F)c2)o1. The van der Waals surface area contributed by atoms with Crippen molar-refractivity contribution in [3.63, 3.8) is 0 Å². The summed E-state index contributed by atoms with van der Waals surface area (Å²) in [5.41, 5.74) is -0.382. The van der Waals surface area contributed by atoms with E-state index in [0.29, 0.717) is 30.2 Å². The average molecular weight is 349 g/mol. The molecular weight excluding hydrogens is 337 g/mol. The molecule has 0 bridgehead atoms. The topological polar surface area (TPSA) is 38.1 Å². The van der Waals surface area contributed by atoms with Gasteiger partial charge >= 0.3 is 6.18 Å². The lowest BCUT2D eigenvalue weighted by Crippen LogP contribution is -2.10. The number of oxazole rings is 1. The van der Waals surface area contributed by atoms with Crippen LogP contribution < -0.4 is 5.32 Å². The first-order valence-electron chi connectivity index (χ1n) is 5.88. The maximum absolute atomic E-state index is 12.8. The molecule has 0 spiro atoms. The van der Waals surface area contributed by atoms with Crippen LogP contribution in [0.4, 0.5) is 13.2 Å². The molecule has 0 aliphatic rings. The van der Waals surface area contributed by atoms with Crippen molar-refractivity contribution < 1.29 is 17.6 Å². The minimum absolute atomic E-state index is 0.00340. The fourth-order valence-corrected chi connectivity index (χ4v) is 2.16. The Hall–Kier alpha value is -1.34. The van der Waals surface area contributed by atoms with Crippen molar-refractivity contribution >= 4 is 15.9 Å². The first kappa shape index (κ1) is 15.1. The molecule has 2 rings (SSSR count). The number of nitrogens with zero attached hydrogens (tertiary/aromatic N) is 1. The van der Waals surface area contributed by atoms with Gasteiger partial charge in [-0.25, -0.2) is 4.98 Å². The van der Waals surface area contributed by atoms with E-state index in [-0.39, 0.29) is 4.47 Å². The number of hydrogen-bond donors (Lipinski definition) is 1. The molecule has 108 valence electrons. The second-order valence-electron chi connectivity index (χ2n) is 4.16. The smallest absolute Gasteiger partial charge is 0.417 e. The summed E-state index contributed by atoms with van der Waals surface area (Å²) in [5.74, 6) is 0.819. The Kier molecular flexibility index (Phi) is 4.49. The number of alkyl halides is 3. The first-order chi connectivity index (χ1) is 9.41. The molecule has 0 unspecified atom stereocenters. The van der Waals surface area contributed by atoms with Crippen LogP contribution in [0.15, 0.2) is 33.3 Å². The van der Waals surface area contributed by atoms with E-state index >= 15 is 0 Å². The lowest BCUT2D eigenvalue weighted by molar-refractivity contribution is -0.138. The maximum atomic E-state index is 12.8. The number of nitrogens with one attached hydrogen (secondary N) is 1. The number of rotatable bonds is 4. The van der Waals surface area contributed by atoms with E-state index in [1.807, 2.05) is 0 Å². The fourth-order valence-electron chi connectivity index (χ4n) is 1.69. The summed E-state index contributed by atoms with van der Waals surface area (Å²) in [6, 6.07) is 3.96. The molecule has 2 aromatic rings. The van der Waals surface area contributed by atoms with Crippen LogP contribution in [0.2, 0.25) is 0 Å². The van der Waals surface area contributed by atoms with E-state index in [0.717, 1.165) is 6.07 Å². The predicted octanol–water partition coefficient (Wildman–Crippen LogP) is 3.88. The number of halogens is 4. The van der Waals surface area contributed by atoms with Crippen molar-refractivity contribution in [3.05, 3.63) is 40.3 Å². The zero-order valence-corrected chi connectivity index (χ0v) is 12.2. The molecule has 0 saturated carbocycles. The largest absolute Gasteiger partial charge is 0.441 e. The van der Waals surface area contributed by atoms with Crippen LogP contribution in [0.1, 0.15) is 11.5 Å². The molecule has 1 aromatic carbocycles. The Labute approximate surface area is 122 Å². The molecule has 0 saturated heterocycles. The monoisotopic (exact) mass is 348 g/mol. The van der Waals surface area contributed by atoms with E-state index in [1.165, 1.54) is 12.3 Å².